The largest absolute Gasteiger partial charge is 0.350 e. The molecule has 1 atom stereocenters. The monoisotopic (exact) mass is 280 g/mol. The van der Waals surface area contributed by atoms with Gasteiger partial charge in [0, 0.05) is 0 Å². The van der Waals surface area contributed by atoms with Crippen LogP contribution < -0.4 is 0 Å². The third kappa shape index (κ3) is 4.49. The van der Waals surface area contributed by atoms with Crippen LogP contribution in [0.3, 0.4) is 0 Å². The van der Waals surface area contributed by atoms with Crippen molar-refractivity contribution in [3.8, 4) is 0 Å². The van der Waals surface area contributed by atoms with Crippen LogP contribution in [0.15, 0.2) is 0 Å². The molecule has 8 heteroatoms. The smallest absolute Gasteiger partial charge is 0.326 e. The van der Waals surface area contributed by atoms with Crippen LogP contribution in [0.2, 0.25) is 0 Å². The molecule has 0 spiro atoms. The van der Waals surface area contributed by atoms with E-state index in [1.165, 1.54) is 0 Å². The quantitative estimate of drug-likeness (QED) is 0.713. The van der Waals surface area contributed by atoms with E-state index in [1.807, 2.05) is 0 Å². The van der Waals surface area contributed by atoms with Crippen LogP contribution in [0.1, 0.15) is 0 Å². The maximum Gasteiger partial charge on any atom is 0.350 e. The molecule has 12 heavy (non-hydrogen) atoms. The number of halogens is 7. The van der Waals surface area contributed by atoms with Crippen molar-refractivity contribution in [2.75, 3.05) is 6.61 Å². The van der Waals surface area contributed by atoms with Gasteiger partial charge < -0.3 is 4.74 Å². The second-order valence-corrected chi connectivity index (χ2v) is 4.71. The Hall–Kier alpha value is 1.27. The van der Waals surface area contributed by atoms with E-state index in [2.05, 4.69) is 27.9 Å². The molecule has 1 nitrogen and oxygen atoms in total. The fourth-order valence-corrected chi connectivity index (χ4v) is 0.548. The van der Waals surface area contributed by atoms with Gasteiger partial charge in [-0.3, -0.25) is 0 Å². The first kappa shape index (κ1) is 13.3. The van der Waals surface area contributed by atoms with Gasteiger partial charge in [0.25, 0.3) is 0 Å². The predicted molar refractivity (Wildman–Crippen MR) is 46.7 cm³/mol. The summed E-state index contributed by atoms with van der Waals surface area (Å²) in [5.41, 5.74) is 0. The van der Waals surface area contributed by atoms with Crippen molar-refractivity contribution >= 4 is 58.0 Å². The zero-order valence-corrected chi connectivity index (χ0v) is 9.12. The summed E-state index contributed by atoms with van der Waals surface area (Å²) in [6.45, 7) is -0.534. The van der Waals surface area contributed by atoms with Crippen molar-refractivity contribution in [2.24, 2.45) is 0 Å². The molecule has 0 aromatic heterocycles. The highest BCUT2D eigenvalue weighted by Crippen LogP contribution is 2.42. The summed E-state index contributed by atoms with van der Waals surface area (Å²) < 4.78 is 25.9. The molecule has 0 N–H and O–H groups in total. The molecule has 1 unspecified atom stereocenters. The number of alkyl halides is 7. The molecule has 0 bridgehead atoms. The molecule has 0 rings (SSSR count). The Labute approximate surface area is 92.8 Å². The summed E-state index contributed by atoms with van der Waals surface area (Å²) in [7, 11) is 0. The number of hydrogen-bond donors (Lipinski definition) is 0. The van der Waals surface area contributed by atoms with Crippen LogP contribution in [0.4, 0.5) is 8.78 Å². The summed E-state index contributed by atoms with van der Waals surface area (Å²) >= 11 is 24.5. The van der Waals surface area contributed by atoms with Crippen LogP contribution >= 0.6 is 58.0 Å². The fourth-order valence-electron chi connectivity index (χ4n) is 0.249. The first-order chi connectivity index (χ1) is 5.17. The molecule has 0 aromatic rings. The lowest BCUT2D eigenvalue weighted by molar-refractivity contribution is -0.111. The van der Waals surface area contributed by atoms with E-state index in [0.717, 1.165) is 0 Å². The lowest BCUT2D eigenvalue weighted by Gasteiger charge is -2.23. The van der Waals surface area contributed by atoms with E-state index in [4.69, 9.17) is 34.8 Å². The molecule has 74 valence electrons. The van der Waals surface area contributed by atoms with Crippen LogP contribution in [0.5, 0.6) is 0 Å². The van der Waals surface area contributed by atoms with Gasteiger partial charge >= 0.3 is 9.90 Å². The Kier molecular flexibility index (Phi) is 5.16. The average Bonchev–Trinajstić information content (AvgIpc) is 1.81. The van der Waals surface area contributed by atoms with Crippen LogP contribution in [-0.2, 0) is 4.74 Å². The Balaban J connectivity index is 4.05. The lowest BCUT2D eigenvalue weighted by Crippen LogP contribution is -2.37. The van der Waals surface area contributed by atoms with Gasteiger partial charge in [0.05, 0.1) is 6.61 Å². The van der Waals surface area contributed by atoms with Gasteiger partial charge in [-0.05, 0) is 11.6 Å². The molecule has 0 aromatic carbocycles. The average molecular weight is 282 g/mol. The van der Waals surface area contributed by atoms with Crippen molar-refractivity contribution < 1.29 is 13.5 Å². The topological polar surface area (TPSA) is 9.23 Å². The predicted octanol–water partition coefficient (Wildman–Crippen LogP) is 3.77. The molecule has 0 aliphatic carbocycles. The van der Waals surface area contributed by atoms with Gasteiger partial charge in [-0.1, -0.05) is 23.2 Å². The van der Waals surface area contributed by atoms with Gasteiger partial charge in [-0.2, -0.15) is 8.78 Å². The molecule has 0 amide bonds. The Morgan fingerprint density at radius 3 is 1.83 bits per heavy atom. The SMILES string of the molecule is FC(Cl)(Cl)C(F)(Cl)OCC(Cl)Cl. The summed E-state index contributed by atoms with van der Waals surface area (Å²) in [5.74, 6) is 0. The first-order valence-corrected chi connectivity index (χ1v) is 4.54. The Bertz CT molecular complexity index is 145. The van der Waals surface area contributed by atoms with Crippen molar-refractivity contribution in [3.63, 3.8) is 0 Å². The maximum absolute atomic E-state index is 12.7. The van der Waals surface area contributed by atoms with E-state index in [9.17, 15) is 8.78 Å². The molecule has 0 radical (unpaired) electrons. The van der Waals surface area contributed by atoms with Crippen LogP contribution in [0, 0.1) is 0 Å². The van der Waals surface area contributed by atoms with Crippen LogP contribution in [-0.4, -0.2) is 21.3 Å². The van der Waals surface area contributed by atoms with E-state index in [0.29, 0.717) is 0 Å². The van der Waals surface area contributed by atoms with E-state index >= 15 is 0 Å². The van der Waals surface area contributed by atoms with Crippen molar-refractivity contribution in [3.05, 3.63) is 0 Å². The third-order valence-corrected chi connectivity index (χ3v) is 2.02. The van der Waals surface area contributed by atoms with Crippen molar-refractivity contribution in [1.82, 2.24) is 0 Å². The molecule has 0 aliphatic heterocycles. The highest BCUT2D eigenvalue weighted by molar-refractivity contribution is 6.51. The number of hydrogen-bond acceptors (Lipinski definition) is 1. The molecule has 0 saturated carbocycles. The minimum absolute atomic E-state index is 0.534. The zero-order chi connectivity index (χ0) is 9.99. The molecule has 0 heterocycles. The van der Waals surface area contributed by atoms with E-state index < -0.39 is 21.3 Å². The minimum atomic E-state index is -3.36. The van der Waals surface area contributed by atoms with Gasteiger partial charge in [-0.15, -0.1) is 23.2 Å². The summed E-state index contributed by atoms with van der Waals surface area (Å²) in [4.78, 5) is -1.05. The zero-order valence-electron chi connectivity index (χ0n) is 5.34. The third-order valence-electron chi connectivity index (χ3n) is 0.721. The van der Waals surface area contributed by atoms with Gasteiger partial charge in [0.1, 0.15) is 4.84 Å². The fraction of sp³-hybridized carbons (Fsp3) is 1.00. The van der Waals surface area contributed by atoms with Gasteiger partial charge in [-0.25, -0.2) is 0 Å². The van der Waals surface area contributed by atoms with Gasteiger partial charge in [0.15, 0.2) is 0 Å². The first-order valence-electron chi connectivity index (χ1n) is 2.53. The summed E-state index contributed by atoms with van der Waals surface area (Å²) in [6.07, 6.45) is 0. The lowest BCUT2D eigenvalue weighted by atomic mass is 10.7. The minimum Gasteiger partial charge on any atom is -0.326 e. The highest BCUT2D eigenvalue weighted by atomic mass is 35.5. The molecule has 0 aliphatic rings. The summed E-state index contributed by atoms with van der Waals surface area (Å²) in [6, 6.07) is 0. The standard InChI is InChI=1S/C4H3Cl5F2O/c5-2(6)1-12-4(9,11)3(7,8)10/h2H,1H2. The molecular formula is C4H3Cl5F2O. The highest BCUT2D eigenvalue weighted by Gasteiger charge is 2.52. The number of ether oxygens (including phenoxy) is 1. The maximum atomic E-state index is 12.7. The molecular weight excluding hydrogens is 279 g/mol. The van der Waals surface area contributed by atoms with Crippen LogP contribution in [0.25, 0.3) is 0 Å². The Morgan fingerprint density at radius 1 is 1.17 bits per heavy atom. The van der Waals surface area contributed by atoms with Gasteiger partial charge in [0.2, 0.25) is 0 Å². The number of rotatable bonds is 4. The molecule has 0 saturated heterocycles. The molecule has 0 fully saturated rings. The van der Waals surface area contributed by atoms with E-state index in [1.54, 1.807) is 0 Å². The Morgan fingerprint density at radius 2 is 1.58 bits per heavy atom. The second kappa shape index (κ2) is 4.67. The van der Waals surface area contributed by atoms with Crippen molar-refractivity contribution in [2.45, 2.75) is 14.7 Å². The normalized spacial score (nSPS) is 18.0. The van der Waals surface area contributed by atoms with Crippen molar-refractivity contribution in [1.29, 1.82) is 0 Å². The van der Waals surface area contributed by atoms with E-state index in [-0.39, 0.29) is 0 Å². The second-order valence-electron chi connectivity index (χ2n) is 1.72. The summed E-state index contributed by atoms with van der Waals surface area (Å²) in [5, 5.41) is -3.36.